The second-order valence-corrected chi connectivity index (χ2v) is 5.87. The number of nitrogens with zero attached hydrogens (tertiary/aromatic N) is 3. The third-order valence-corrected chi connectivity index (χ3v) is 3.27. The molecule has 0 amide bonds. The van der Waals surface area contributed by atoms with Crippen molar-refractivity contribution in [1.82, 2.24) is 15.3 Å². The molecule has 118 valence electrons. The molecule has 0 bridgehead atoms. The van der Waals surface area contributed by atoms with Crippen LogP contribution in [-0.2, 0) is 4.74 Å². The number of aromatic nitrogens is 2. The Morgan fingerprint density at radius 1 is 1.38 bits per heavy atom. The van der Waals surface area contributed by atoms with Crippen molar-refractivity contribution in [2.24, 2.45) is 0 Å². The van der Waals surface area contributed by atoms with Gasteiger partial charge in [-0.1, -0.05) is 13.8 Å². The van der Waals surface area contributed by atoms with E-state index in [9.17, 15) is 0 Å². The lowest BCUT2D eigenvalue weighted by molar-refractivity contribution is 0.0927. The molecule has 1 aliphatic heterocycles. The lowest BCUT2D eigenvalue weighted by Gasteiger charge is -2.37. The number of hydrogen-bond donors (Lipinski definition) is 1. The molecule has 1 aromatic heterocycles. The van der Waals surface area contributed by atoms with Gasteiger partial charge in [0.05, 0.1) is 25.4 Å². The first-order valence-corrected chi connectivity index (χ1v) is 7.62. The van der Waals surface area contributed by atoms with Crippen molar-refractivity contribution in [3.8, 4) is 5.88 Å². The SMILES string of the molecule is CC(C)NCC1COCCN1c1cc(OC(C)C)ncn1. The van der Waals surface area contributed by atoms with Gasteiger partial charge >= 0.3 is 0 Å². The zero-order valence-corrected chi connectivity index (χ0v) is 13.4. The van der Waals surface area contributed by atoms with E-state index >= 15 is 0 Å². The second-order valence-electron chi connectivity index (χ2n) is 5.87. The molecular weight excluding hydrogens is 268 g/mol. The van der Waals surface area contributed by atoms with Crippen LogP contribution in [0.5, 0.6) is 5.88 Å². The molecule has 0 aromatic carbocycles. The minimum absolute atomic E-state index is 0.107. The monoisotopic (exact) mass is 294 g/mol. The summed E-state index contributed by atoms with van der Waals surface area (Å²) in [7, 11) is 0. The predicted molar refractivity (Wildman–Crippen MR) is 82.9 cm³/mol. The first kappa shape index (κ1) is 16.0. The number of anilines is 1. The minimum Gasteiger partial charge on any atom is -0.475 e. The summed E-state index contributed by atoms with van der Waals surface area (Å²) in [5, 5.41) is 3.47. The van der Waals surface area contributed by atoms with Crippen LogP contribution in [0.4, 0.5) is 5.82 Å². The van der Waals surface area contributed by atoms with Gasteiger partial charge in [0, 0.05) is 25.2 Å². The standard InChI is InChI=1S/C15H26N4O2/c1-11(2)16-8-13-9-20-6-5-19(13)14-7-15(18-10-17-14)21-12(3)4/h7,10-13,16H,5-6,8-9H2,1-4H3. The lowest BCUT2D eigenvalue weighted by Crippen LogP contribution is -2.51. The van der Waals surface area contributed by atoms with Gasteiger partial charge < -0.3 is 19.7 Å². The maximum Gasteiger partial charge on any atom is 0.218 e. The van der Waals surface area contributed by atoms with Crippen LogP contribution in [0.2, 0.25) is 0 Å². The van der Waals surface area contributed by atoms with Gasteiger partial charge in [0.1, 0.15) is 12.1 Å². The normalized spacial score (nSPS) is 19.3. The van der Waals surface area contributed by atoms with Gasteiger partial charge in [-0.15, -0.1) is 0 Å². The highest BCUT2D eigenvalue weighted by Crippen LogP contribution is 2.20. The van der Waals surface area contributed by atoms with Crippen molar-refractivity contribution in [2.75, 3.05) is 31.2 Å². The molecule has 0 saturated carbocycles. The summed E-state index contributed by atoms with van der Waals surface area (Å²) >= 11 is 0. The zero-order valence-electron chi connectivity index (χ0n) is 13.4. The maximum absolute atomic E-state index is 5.65. The Bertz CT molecular complexity index is 439. The summed E-state index contributed by atoms with van der Waals surface area (Å²) in [4.78, 5) is 10.8. The molecule has 0 radical (unpaired) electrons. The molecule has 1 aromatic rings. The highest BCUT2D eigenvalue weighted by molar-refractivity contribution is 5.42. The lowest BCUT2D eigenvalue weighted by atomic mass is 10.2. The molecule has 21 heavy (non-hydrogen) atoms. The van der Waals surface area contributed by atoms with E-state index in [1.54, 1.807) is 6.33 Å². The average molecular weight is 294 g/mol. The molecule has 1 unspecified atom stereocenters. The fourth-order valence-electron chi connectivity index (χ4n) is 2.29. The highest BCUT2D eigenvalue weighted by atomic mass is 16.5. The topological polar surface area (TPSA) is 59.5 Å². The summed E-state index contributed by atoms with van der Waals surface area (Å²) < 4.78 is 11.3. The molecule has 1 atom stereocenters. The van der Waals surface area contributed by atoms with E-state index in [1.807, 2.05) is 19.9 Å². The average Bonchev–Trinajstić information content (AvgIpc) is 2.45. The van der Waals surface area contributed by atoms with Gasteiger partial charge in [-0.3, -0.25) is 0 Å². The molecule has 0 aliphatic carbocycles. The molecule has 6 nitrogen and oxygen atoms in total. The first-order chi connectivity index (χ1) is 10.1. The molecular formula is C15H26N4O2. The van der Waals surface area contributed by atoms with E-state index in [4.69, 9.17) is 9.47 Å². The number of hydrogen-bond acceptors (Lipinski definition) is 6. The Morgan fingerprint density at radius 3 is 2.90 bits per heavy atom. The summed E-state index contributed by atoms with van der Waals surface area (Å²) in [6, 6.07) is 2.65. The minimum atomic E-state index is 0.107. The third-order valence-electron chi connectivity index (χ3n) is 3.27. The molecule has 2 rings (SSSR count). The molecule has 1 saturated heterocycles. The zero-order chi connectivity index (χ0) is 15.2. The Labute approximate surface area is 126 Å². The molecule has 1 fully saturated rings. The van der Waals surface area contributed by atoms with E-state index in [1.165, 1.54) is 0 Å². The van der Waals surface area contributed by atoms with Gasteiger partial charge in [-0.25, -0.2) is 9.97 Å². The summed E-state index contributed by atoms with van der Waals surface area (Å²) in [5.74, 6) is 1.52. The van der Waals surface area contributed by atoms with Gasteiger partial charge in [-0.2, -0.15) is 0 Å². The van der Waals surface area contributed by atoms with Crippen LogP contribution in [0.3, 0.4) is 0 Å². The van der Waals surface area contributed by atoms with Gasteiger partial charge in [0.15, 0.2) is 0 Å². The number of ether oxygens (including phenoxy) is 2. The number of rotatable bonds is 6. The van der Waals surface area contributed by atoms with Crippen molar-refractivity contribution in [3.05, 3.63) is 12.4 Å². The van der Waals surface area contributed by atoms with Crippen LogP contribution in [0.1, 0.15) is 27.7 Å². The Morgan fingerprint density at radius 2 is 2.19 bits per heavy atom. The largest absolute Gasteiger partial charge is 0.475 e. The van der Waals surface area contributed by atoms with Crippen LogP contribution in [-0.4, -0.2) is 54.5 Å². The maximum atomic E-state index is 5.65. The Hall–Kier alpha value is -1.40. The second kappa shape index (κ2) is 7.56. The predicted octanol–water partition coefficient (Wildman–Crippen LogP) is 1.47. The summed E-state index contributed by atoms with van der Waals surface area (Å²) in [5.41, 5.74) is 0. The highest BCUT2D eigenvalue weighted by Gasteiger charge is 2.24. The van der Waals surface area contributed by atoms with Crippen molar-refractivity contribution in [3.63, 3.8) is 0 Å². The van der Waals surface area contributed by atoms with E-state index in [0.29, 0.717) is 18.5 Å². The van der Waals surface area contributed by atoms with Crippen LogP contribution in [0, 0.1) is 0 Å². The van der Waals surface area contributed by atoms with Crippen molar-refractivity contribution < 1.29 is 9.47 Å². The Kier molecular flexibility index (Phi) is 5.76. The molecule has 1 N–H and O–H groups in total. The van der Waals surface area contributed by atoms with Crippen LogP contribution < -0.4 is 15.0 Å². The molecule has 1 aliphatic rings. The smallest absolute Gasteiger partial charge is 0.218 e. The Balaban J connectivity index is 2.09. The molecule has 2 heterocycles. The van der Waals surface area contributed by atoms with Gasteiger partial charge in [-0.05, 0) is 13.8 Å². The first-order valence-electron chi connectivity index (χ1n) is 7.62. The van der Waals surface area contributed by atoms with Gasteiger partial charge in [0.25, 0.3) is 0 Å². The molecule has 0 spiro atoms. The van der Waals surface area contributed by atoms with E-state index < -0.39 is 0 Å². The van der Waals surface area contributed by atoms with E-state index in [-0.39, 0.29) is 12.1 Å². The van der Waals surface area contributed by atoms with Crippen LogP contribution in [0.25, 0.3) is 0 Å². The quantitative estimate of drug-likeness (QED) is 0.857. The fourth-order valence-corrected chi connectivity index (χ4v) is 2.29. The van der Waals surface area contributed by atoms with Crippen molar-refractivity contribution in [1.29, 1.82) is 0 Å². The van der Waals surface area contributed by atoms with Gasteiger partial charge in [0.2, 0.25) is 5.88 Å². The van der Waals surface area contributed by atoms with Crippen molar-refractivity contribution >= 4 is 5.82 Å². The third kappa shape index (κ3) is 4.82. The van der Waals surface area contributed by atoms with Crippen LogP contribution >= 0.6 is 0 Å². The number of morpholine rings is 1. The van der Waals surface area contributed by atoms with Crippen LogP contribution in [0.15, 0.2) is 12.4 Å². The summed E-state index contributed by atoms with van der Waals surface area (Å²) in [6.07, 6.45) is 1.67. The number of nitrogens with one attached hydrogen (secondary N) is 1. The van der Waals surface area contributed by atoms with E-state index in [2.05, 4.69) is 34.0 Å². The van der Waals surface area contributed by atoms with E-state index in [0.717, 1.165) is 25.5 Å². The molecule has 6 heteroatoms. The van der Waals surface area contributed by atoms with Crippen molar-refractivity contribution in [2.45, 2.75) is 45.9 Å². The fraction of sp³-hybridized carbons (Fsp3) is 0.733. The summed E-state index contributed by atoms with van der Waals surface area (Å²) in [6.45, 7) is 11.4.